The fraction of sp³-hybridized carbons (Fsp3) is 0.421. The van der Waals surface area contributed by atoms with Gasteiger partial charge in [0.25, 0.3) is 0 Å². The number of hydrogen-bond acceptors (Lipinski definition) is 5. The summed E-state index contributed by atoms with van der Waals surface area (Å²) >= 11 is 6.12. The van der Waals surface area contributed by atoms with Gasteiger partial charge in [-0.2, -0.15) is 15.1 Å². The first-order valence-electron chi connectivity index (χ1n) is 8.97. The second-order valence-corrected chi connectivity index (χ2v) is 7.80. The van der Waals surface area contributed by atoms with Gasteiger partial charge in [0, 0.05) is 30.8 Å². The predicted molar refractivity (Wildman–Crippen MR) is 106 cm³/mol. The highest BCUT2D eigenvalue weighted by Crippen LogP contribution is 2.30. The van der Waals surface area contributed by atoms with Crippen LogP contribution in [0.25, 0.3) is 11.0 Å². The molecular formula is C19H23ClN6. The Hall–Kier alpha value is -2.34. The summed E-state index contributed by atoms with van der Waals surface area (Å²) in [7, 11) is 1.91. The van der Waals surface area contributed by atoms with Gasteiger partial charge in [0.05, 0.1) is 11.6 Å². The number of nitrogens with zero attached hydrogens (tertiary/aromatic N) is 5. The topological polar surface area (TPSA) is 58.9 Å². The van der Waals surface area contributed by atoms with Gasteiger partial charge in [-0.15, -0.1) is 0 Å². The van der Waals surface area contributed by atoms with Gasteiger partial charge < -0.3 is 10.2 Å². The summed E-state index contributed by atoms with van der Waals surface area (Å²) in [4.78, 5) is 11.9. The SMILES string of the molecule is CC1CC(C)CN(c2nc(Nc3cccc(Cl)c3)c3cnn(C)c3n2)C1. The van der Waals surface area contributed by atoms with E-state index in [0.29, 0.717) is 16.9 Å². The van der Waals surface area contributed by atoms with Gasteiger partial charge in [0.2, 0.25) is 5.95 Å². The van der Waals surface area contributed by atoms with E-state index in [9.17, 15) is 0 Å². The first-order chi connectivity index (χ1) is 12.5. The molecule has 26 heavy (non-hydrogen) atoms. The first-order valence-corrected chi connectivity index (χ1v) is 9.34. The molecule has 3 heterocycles. The van der Waals surface area contributed by atoms with E-state index in [1.807, 2.05) is 31.3 Å². The van der Waals surface area contributed by atoms with Crippen LogP contribution in [0.2, 0.25) is 5.02 Å². The summed E-state index contributed by atoms with van der Waals surface area (Å²) in [6.07, 6.45) is 3.05. The summed E-state index contributed by atoms with van der Waals surface area (Å²) in [5, 5.41) is 9.33. The van der Waals surface area contributed by atoms with Gasteiger partial charge >= 0.3 is 0 Å². The fourth-order valence-electron chi connectivity index (χ4n) is 3.78. The molecule has 3 aromatic rings. The molecule has 2 aromatic heterocycles. The Kier molecular flexibility index (Phi) is 4.44. The molecule has 6 nitrogen and oxygen atoms in total. The molecule has 1 saturated heterocycles. The van der Waals surface area contributed by atoms with Gasteiger partial charge in [0.15, 0.2) is 5.65 Å². The van der Waals surface area contributed by atoms with Crippen LogP contribution in [0.15, 0.2) is 30.5 Å². The average Bonchev–Trinajstić information content (AvgIpc) is 2.96. The molecule has 1 aromatic carbocycles. The van der Waals surface area contributed by atoms with Crippen molar-refractivity contribution >= 4 is 40.1 Å². The molecule has 4 rings (SSSR count). The van der Waals surface area contributed by atoms with Crippen LogP contribution in [0.4, 0.5) is 17.5 Å². The van der Waals surface area contributed by atoms with Crippen LogP contribution in [0.3, 0.4) is 0 Å². The van der Waals surface area contributed by atoms with E-state index in [2.05, 4.69) is 29.2 Å². The number of piperidine rings is 1. The van der Waals surface area contributed by atoms with E-state index in [-0.39, 0.29) is 0 Å². The number of aromatic nitrogens is 4. The number of halogens is 1. The van der Waals surface area contributed by atoms with Crippen LogP contribution in [-0.4, -0.2) is 32.8 Å². The van der Waals surface area contributed by atoms with Crippen LogP contribution in [0.1, 0.15) is 20.3 Å². The van der Waals surface area contributed by atoms with Crippen molar-refractivity contribution in [1.29, 1.82) is 0 Å². The molecule has 0 bridgehead atoms. The lowest BCUT2D eigenvalue weighted by Gasteiger charge is -2.35. The Morgan fingerprint density at radius 2 is 1.92 bits per heavy atom. The van der Waals surface area contributed by atoms with Gasteiger partial charge in [-0.1, -0.05) is 31.5 Å². The van der Waals surface area contributed by atoms with Crippen LogP contribution < -0.4 is 10.2 Å². The monoisotopic (exact) mass is 370 g/mol. The number of hydrogen-bond donors (Lipinski definition) is 1. The largest absolute Gasteiger partial charge is 0.340 e. The van der Waals surface area contributed by atoms with Crippen molar-refractivity contribution in [3.63, 3.8) is 0 Å². The van der Waals surface area contributed by atoms with E-state index in [4.69, 9.17) is 21.6 Å². The Balaban J connectivity index is 1.76. The maximum atomic E-state index is 6.12. The highest BCUT2D eigenvalue weighted by Gasteiger charge is 2.25. The number of benzene rings is 1. The lowest BCUT2D eigenvalue weighted by Crippen LogP contribution is -2.39. The van der Waals surface area contributed by atoms with Gasteiger partial charge in [0.1, 0.15) is 5.82 Å². The Morgan fingerprint density at radius 3 is 2.65 bits per heavy atom. The maximum absolute atomic E-state index is 6.12. The molecule has 1 aliphatic rings. The summed E-state index contributed by atoms with van der Waals surface area (Å²) in [5.41, 5.74) is 1.72. The van der Waals surface area contributed by atoms with Crippen molar-refractivity contribution in [1.82, 2.24) is 19.7 Å². The average molecular weight is 371 g/mol. The van der Waals surface area contributed by atoms with Crippen molar-refractivity contribution in [3.8, 4) is 0 Å². The summed E-state index contributed by atoms with van der Waals surface area (Å²) in [5.74, 6) is 2.78. The van der Waals surface area contributed by atoms with E-state index >= 15 is 0 Å². The summed E-state index contributed by atoms with van der Waals surface area (Å²) in [6, 6.07) is 7.63. The van der Waals surface area contributed by atoms with Crippen molar-refractivity contribution in [3.05, 3.63) is 35.5 Å². The molecule has 0 aliphatic carbocycles. The second kappa shape index (κ2) is 6.76. The molecule has 0 spiro atoms. The van der Waals surface area contributed by atoms with Gasteiger partial charge in [-0.05, 0) is 36.5 Å². The number of aryl methyl sites for hydroxylation is 1. The van der Waals surface area contributed by atoms with Crippen LogP contribution in [0.5, 0.6) is 0 Å². The third kappa shape index (κ3) is 3.33. The highest BCUT2D eigenvalue weighted by atomic mass is 35.5. The zero-order valence-corrected chi connectivity index (χ0v) is 16.0. The molecule has 136 valence electrons. The maximum Gasteiger partial charge on any atom is 0.229 e. The standard InChI is InChI=1S/C19H23ClN6/c1-12-7-13(2)11-26(10-12)19-23-17(16-9-21-25(3)18(16)24-19)22-15-6-4-5-14(20)8-15/h4-6,8-9,12-13H,7,10-11H2,1-3H3,(H,22,23,24). The minimum atomic E-state index is 0.633. The Labute approximate surface area is 158 Å². The molecule has 1 aliphatic heterocycles. The predicted octanol–water partition coefficient (Wildman–Crippen LogP) is 4.24. The van der Waals surface area contributed by atoms with Crippen LogP contribution in [0, 0.1) is 11.8 Å². The zero-order chi connectivity index (χ0) is 18.3. The van der Waals surface area contributed by atoms with Crippen molar-refractivity contribution < 1.29 is 0 Å². The molecular weight excluding hydrogens is 348 g/mol. The first kappa shape index (κ1) is 17.1. The number of anilines is 3. The lowest BCUT2D eigenvalue weighted by atomic mass is 9.92. The van der Waals surface area contributed by atoms with E-state index < -0.39 is 0 Å². The van der Waals surface area contributed by atoms with Crippen molar-refractivity contribution in [2.75, 3.05) is 23.3 Å². The quantitative estimate of drug-likeness (QED) is 0.747. The van der Waals surface area contributed by atoms with Crippen molar-refractivity contribution in [2.45, 2.75) is 20.3 Å². The molecule has 7 heteroatoms. The lowest BCUT2D eigenvalue weighted by molar-refractivity contribution is 0.354. The molecule has 0 radical (unpaired) electrons. The summed E-state index contributed by atoms with van der Waals surface area (Å²) < 4.78 is 1.79. The van der Waals surface area contributed by atoms with Gasteiger partial charge in [-0.3, -0.25) is 4.68 Å². The fourth-order valence-corrected chi connectivity index (χ4v) is 3.97. The number of fused-ring (bicyclic) bond motifs is 1. The third-order valence-corrected chi connectivity index (χ3v) is 5.05. The molecule has 1 N–H and O–H groups in total. The molecule has 2 atom stereocenters. The number of rotatable bonds is 3. The van der Waals surface area contributed by atoms with E-state index in [1.165, 1.54) is 6.42 Å². The molecule has 2 unspecified atom stereocenters. The molecule has 1 fully saturated rings. The zero-order valence-electron chi connectivity index (χ0n) is 15.3. The van der Waals surface area contributed by atoms with Crippen LogP contribution in [-0.2, 0) is 7.05 Å². The van der Waals surface area contributed by atoms with Crippen LogP contribution >= 0.6 is 11.6 Å². The molecule has 0 saturated carbocycles. The Bertz CT molecular complexity index is 927. The molecule has 0 amide bonds. The van der Waals surface area contributed by atoms with Gasteiger partial charge in [-0.25, -0.2) is 0 Å². The summed E-state index contributed by atoms with van der Waals surface area (Å²) in [6.45, 7) is 6.53. The smallest absolute Gasteiger partial charge is 0.229 e. The highest BCUT2D eigenvalue weighted by molar-refractivity contribution is 6.30. The minimum absolute atomic E-state index is 0.633. The minimum Gasteiger partial charge on any atom is -0.340 e. The van der Waals surface area contributed by atoms with Crippen molar-refractivity contribution in [2.24, 2.45) is 18.9 Å². The normalized spacial score (nSPS) is 20.5. The Morgan fingerprint density at radius 1 is 1.15 bits per heavy atom. The second-order valence-electron chi connectivity index (χ2n) is 7.36. The van der Waals surface area contributed by atoms with E-state index in [1.54, 1.807) is 10.9 Å². The van der Waals surface area contributed by atoms with E-state index in [0.717, 1.165) is 41.6 Å². The third-order valence-electron chi connectivity index (χ3n) is 4.82. The number of nitrogens with one attached hydrogen (secondary N) is 1.